The molecule has 1 aliphatic carbocycles. The first-order chi connectivity index (χ1) is 10.1. The summed E-state index contributed by atoms with van der Waals surface area (Å²) in [4.78, 5) is 0. The van der Waals surface area contributed by atoms with Gasteiger partial charge in [-0.15, -0.1) is 0 Å². The molecule has 112 valence electrons. The second kappa shape index (κ2) is 4.77. The van der Waals surface area contributed by atoms with Crippen molar-refractivity contribution in [3.63, 3.8) is 0 Å². The van der Waals surface area contributed by atoms with Crippen molar-refractivity contribution >= 4 is 0 Å². The zero-order chi connectivity index (χ0) is 14.6. The molecule has 4 rings (SSSR count). The molecule has 0 amide bonds. The summed E-state index contributed by atoms with van der Waals surface area (Å²) in [5, 5.41) is 0. The highest BCUT2D eigenvalue weighted by molar-refractivity contribution is 5.45. The van der Waals surface area contributed by atoms with Crippen LogP contribution in [0.25, 0.3) is 0 Å². The maximum Gasteiger partial charge on any atom is 0.231 e. The van der Waals surface area contributed by atoms with Crippen molar-refractivity contribution in [1.82, 2.24) is 0 Å². The molecule has 0 unspecified atom stereocenters. The van der Waals surface area contributed by atoms with Gasteiger partial charge in [0.25, 0.3) is 0 Å². The van der Waals surface area contributed by atoms with Crippen LogP contribution in [0.2, 0.25) is 0 Å². The molecule has 1 aromatic carbocycles. The van der Waals surface area contributed by atoms with E-state index in [1.165, 1.54) is 11.1 Å². The van der Waals surface area contributed by atoms with Gasteiger partial charge in [0.15, 0.2) is 11.5 Å². The lowest BCUT2D eigenvalue weighted by atomic mass is 9.64. The van der Waals surface area contributed by atoms with Crippen LogP contribution in [0.3, 0.4) is 0 Å². The molecule has 0 N–H and O–H groups in total. The molecule has 3 nitrogen and oxygen atoms in total. The molecule has 0 radical (unpaired) electrons. The fourth-order valence-corrected chi connectivity index (χ4v) is 4.34. The van der Waals surface area contributed by atoms with E-state index in [-0.39, 0.29) is 6.10 Å². The molecule has 0 aromatic heterocycles. The van der Waals surface area contributed by atoms with E-state index in [4.69, 9.17) is 14.2 Å². The van der Waals surface area contributed by atoms with Crippen LogP contribution in [0.15, 0.2) is 29.8 Å². The Hall–Kier alpha value is -1.48. The highest BCUT2D eigenvalue weighted by Gasteiger charge is 2.43. The minimum atomic E-state index is 0.134. The van der Waals surface area contributed by atoms with E-state index in [1.54, 1.807) is 0 Å². The Morgan fingerprint density at radius 1 is 1.10 bits per heavy atom. The number of hydrogen-bond acceptors (Lipinski definition) is 3. The maximum atomic E-state index is 6.26. The monoisotopic (exact) mass is 286 g/mol. The van der Waals surface area contributed by atoms with Crippen LogP contribution in [-0.2, 0) is 4.74 Å². The summed E-state index contributed by atoms with van der Waals surface area (Å²) in [5.74, 6) is 4.08. The van der Waals surface area contributed by atoms with Crippen molar-refractivity contribution in [2.75, 3.05) is 13.4 Å². The van der Waals surface area contributed by atoms with Crippen LogP contribution in [-0.4, -0.2) is 13.4 Å². The largest absolute Gasteiger partial charge is 0.454 e. The summed E-state index contributed by atoms with van der Waals surface area (Å²) in [6.45, 7) is 8.11. The number of hydrogen-bond donors (Lipinski definition) is 0. The molecule has 1 aromatic rings. The van der Waals surface area contributed by atoms with Gasteiger partial charge in [0.05, 0.1) is 12.7 Å². The van der Waals surface area contributed by atoms with Gasteiger partial charge in [-0.3, -0.25) is 0 Å². The topological polar surface area (TPSA) is 27.7 Å². The predicted molar refractivity (Wildman–Crippen MR) is 80.3 cm³/mol. The Kier molecular flexibility index (Phi) is 3.00. The minimum Gasteiger partial charge on any atom is -0.454 e. The van der Waals surface area contributed by atoms with Crippen molar-refractivity contribution in [2.45, 2.75) is 26.9 Å². The van der Waals surface area contributed by atoms with E-state index in [0.717, 1.165) is 18.1 Å². The third-order valence-corrected chi connectivity index (χ3v) is 5.49. The lowest BCUT2D eigenvalue weighted by Gasteiger charge is -2.47. The van der Waals surface area contributed by atoms with Crippen molar-refractivity contribution < 1.29 is 14.2 Å². The first kappa shape index (κ1) is 13.2. The van der Waals surface area contributed by atoms with Crippen LogP contribution < -0.4 is 9.47 Å². The first-order valence-electron chi connectivity index (χ1n) is 7.84. The van der Waals surface area contributed by atoms with Gasteiger partial charge in [-0.2, -0.15) is 0 Å². The zero-order valence-corrected chi connectivity index (χ0v) is 12.8. The molecule has 2 bridgehead atoms. The fourth-order valence-electron chi connectivity index (χ4n) is 4.34. The highest BCUT2D eigenvalue weighted by atomic mass is 16.7. The van der Waals surface area contributed by atoms with Gasteiger partial charge in [-0.25, -0.2) is 0 Å². The minimum absolute atomic E-state index is 0.134. The summed E-state index contributed by atoms with van der Waals surface area (Å²) in [6.07, 6.45) is 2.58. The number of rotatable bonds is 1. The molecular formula is C18H22O3. The average molecular weight is 286 g/mol. The van der Waals surface area contributed by atoms with Crippen LogP contribution in [0.1, 0.15) is 32.4 Å². The predicted octanol–water partition coefficient (Wildman–Crippen LogP) is 3.95. The molecule has 0 spiro atoms. The number of fused-ring (bicyclic) bond motifs is 3. The molecule has 2 aliphatic heterocycles. The molecule has 2 heterocycles. The lowest BCUT2D eigenvalue weighted by Crippen LogP contribution is -2.42. The van der Waals surface area contributed by atoms with E-state index in [0.29, 0.717) is 30.5 Å². The van der Waals surface area contributed by atoms with E-state index < -0.39 is 0 Å². The van der Waals surface area contributed by atoms with Crippen molar-refractivity contribution in [3.05, 3.63) is 35.4 Å². The number of ether oxygens (including phenoxy) is 3. The molecule has 1 saturated heterocycles. The van der Waals surface area contributed by atoms with Crippen molar-refractivity contribution in [2.24, 2.45) is 23.7 Å². The van der Waals surface area contributed by atoms with Gasteiger partial charge in [0.1, 0.15) is 0 Å². The maximum absolute atomic E-state index is 6.26. The highest BCUT2D eigenvalue weighted by Crippen LogP contribution is 2.50. The second-order valence-electron chi connectivity index (χ2n) is 6.69. The zero-order valence-electron chi connectivity index (χ0n) is 12.8. The van der Waals surface area contributed by atoms with Gasteiger partial charge in [0.2, 0.25) is 6.79 Å². The Morgan fingerprint density at radius 3 is 2.76 bits per heavy atom. The number of benzene rings is 1. The quantitative estimate of drug-likeness (QED) is 0.732. The molecular weight excluding hydrogens is 264 g/mol. The van der Waals surface area contributed by atoms with E-state index in [1.807, 2.05) is 6.07 Å². The Bertz CT molecular complexity index is 592. The molecule has 1 fully saturated rings. The summed E-state index contributed by atoms with van der Waals surface area (Å²) in [6, 6.07) is 6.21. The first-order valence-corrected chi connectivity index (χ1v) is 7.84. The van der Waals surface area contributed by atoms with Gasteiger partial charge in [-0.1, -0.05) is 31.6 Å². The van der Waals surface area contributed by atoms with Crippen LogP contribution >= 0.6 is 0 Å². The van der Waals surface area contributed by atoms with Crippen LogP contribution in [0.4, 0.5) is 0 Å². The second-order valence-corrected chi connectivity index (χ2v) is 6.69. The van der Waals surface area contributed by atoms with Crippen LogP contribution in [0.5, 0.6) is 11.5 Å². The molecule has 21 heavy (non-hydrogen) atoms. The standard InChI is InChI=1S/C18H22O3/c1-10-6-11(2)17-12(3)14(10)8-19-18(17)13-4-5-15-16(7-13)21-9-20-15/h4-7,10,12,14,17-18H,8-9H2,1-3H3/t10-,12+,14-,17+,18+/m1/s1. The summed E-state index contributed by atoms with van der Waals surface area (Å²) >= 11 is 0. The van der Waals surface area contributed by atoms with Crippen molar-refractivity contribution in [3.8, 4) is 11.5 Å². The Labute approximate surface area is 125 Å². The van der Waals surface area contributed by atoms with E-state index in [9.17, 15) is 0 Å². The van der Waals surface area contributed by atoms with E-state index in [2.05, 4.69) is 39.0 Å². The Morgan fingerprint density at radius 2 is 1.90 bits per heavy atom. The summed E-state index contributed by atoms with van der Waals surface area (Å²) in [7, 11) is 0. The summed E-state index contributed by atoms with van der Waals surface area (Å²) < 4.78 is 17.2. The molecule has 0 saturated carbocycles. The van der Waals surface area contributed by atoms with Crippen molar-refractivity contribution in [1.29, 1.82) is 0 Å². The van der Waals surface area contributed by atoms with Crippen LogP contribution in [0, 0.1) is 23.7 Å². The molecule has 3 heteroatoms. The fraction of sp³-hybridized carbons (Fsp3) is 0.556. The average Bonchev–Trinajstić information content (AvgIpc) is 2.91. The van der Waals surface area contributed by atoms with Gasteiger partial charge >= 0.3 is 0 Å². The molecule has 3 aliphatic rings. The van der Waals surface area contributed by atoms with Gasteiger partial charge in [0, 0.05) is 5.92 Å². The summed E-state index contributed by atoms with van der Waals surface area (Å²) in [5.41, 5.74) is 2.67. The van der Waals surface area contributed by atoms with Gasteiger partial charge < -0.3 is 14.2 Å². The Balaban J connectivity index is 1.71. The lowest BCUT2D eigenvalue weighted by molar-refractivity contribution is -0.0934. The van der Waals surface area contributed by atoms with Gasteiger partial charge in [-0.05, 0) is 42.4 Å². The normalized spacial score (nSPS) is 37.3. The number of allylic oxidation sites excluding steroid dienone is 1. The SMILES string of the molecule is CC1=C[C@@H](C)[C@H]2CO[C@@H](c3ccc4c(c3)OCO4)[C@@H]1[C@H]2C. The third kappa shape index (κ3) is 1.98. The smallest absolute Gasteiger partial charge is 0.231 e. The third-order valence-electron chi connectivity index (χ3n) is 5.49. The molecule has 5 atom stereocenters. The van der Waals surface area contributed by atoms with E-state index >= 15 is 0 Å².